The number of aromatic nitrogens is 1. The monoisotopic (exact) mass is 454 g/mol. The molecular formula is C23H23FN4O3S. The van der Waals surface area contributed by atoms with Gasteiger partial charge in [-0.15, -0.1) is 11.3 Å². The first kappa shape index (κ1) is 21.9. The molecule has 1 fully saturated rings. The van der Waals surface area contributed by atoms with Gasteiger partial charge in [-0.1, -0.05) is 6.07 Å². The third kappa shape index (κ3) is 5.89. The predicted octanol–water partition coefficient (Wildman–Crippen LogP) is 3.26. The fourth-order valence-electron chi connectivity index (χ4n) is 3.42. The van der Waals surface area contributed by atoms with Crippen LogP contribution >= 0.6 is 11.3 Å². The molecule has 0 bridgehead atoms. The van der Waals surface area contributed by atoms with Gasteiger partial charge in [0.2, 0.25) is 5.91 Å². The molecule has 0 aliphatic carbocycles. The van der Waals surface area contributed by atoms with Crippen molar-refractivity contribution in [3.8, 4) is 5.75 Å². The van der Waals surface area contributed by atoms with E-state index in [-0.39, 0.29) is 18.4 Å². The SMILES string of the molecule is O=C(CN1CCN(C(=O)c2ccc(OCc3cscn3)cc2)CC1)Nc1cccc(F)c1. The lowest BCUT2D eigenvalue weighted by Gasteiger charge is -2.34. The number of nitrogens with one attached hydrogen (secondary N) is 1. The van der Waals surface area contributed by atoms with Gasteiger partial charge in [0.1, 0.15) is 18.2 Å². The first-order valence-electron chi connectivity index (χ1n) is 10.2. The van der Waals surface area contributed by atoms with Gasteiger partial charge in [0.05, 0.1) is 17.7 Å². The molecule has 0 atom stereocenters. The van der Waals surface area contributed by atoms with Gasteiger partial charge in [-0.05, 0) is 42.5 Å². The summed E-state index contributed by atoms with van der Waals surface area (Å²) in [4.78, 5) is 33.0. The van der Waals surface area contributed by atoms with Crippen molar-refractivity contribution in [3.05, 3.63) is 76.5 Å². The zero-order valence-electron chi connectivity index (χ0n) is 17.4. The van der Waals surface area contributed by atoms with Gasteiger partial charge in [0.15, 0.2) is 0 Å². The Hall–Kier alpha value is -3.30. The first-order valence-corrected chi connectivity index (χ1v) is 11.2. The smallest absolute Gasteiger partial charge is 0.253 e. The molecular weight excluding hydrogens is 431 g/mol. The predicted molar refractivity (Wildman–Crippen MR) is 120 cm³/mol. The summed E-state index contributed by atoms with van der Waals surface area (Å²) in [7, 11) is 0. The highest BCUT2D eigenvalue weighted by Crippen LogP contribution is 2.17. The van der Waals surface area contributed by atoms with Crippen LogP contribution in [0.4, 0.5) is 10.1 Å². The maximum atomic E-state index is 13.2. The van der Waals surface area contributed by atoms with Gasteiger partial charge in [-0.3, -0.25) is 14.5 Å². The van der Waals surface area contributed by atoms with Gasteiger partial charge in [-0.2, -0.15) is 0 Å². The zero-order valence-corrected chi connectivity index (χ0v) is 18.2. The number of anilines is 1. The molecule has 1 aliphatic heterocycles. The summed E-state index contributed by atoms with van der Waals surface area (Å²) in [5.41, 5.74) is 3.67. The van der Waals surface area contributed by atoms with E-state index in [2.05, 4.69) is 10.3 Å². The van der Waals surface area contributed by atoms with E-state index in [1.54, 1.807) is 46.8 Å². The van der Waals surface area contributed by atoms with Gasteiger partial charge in [-0.25, -0.2) is 9.37 Å². The average Bonchev–Trinajstić information content (AvgIpc) is 3.32. The van der Waals surface area contributed by atoms with Crippen molar-refractivity contribution in [2.45, 2.75) is 6.61 Å². The standard InChI is InChI=1S/C23H23FN4O3S/c24-18-2-1-3-19(12-18)26-22(29)13-27-8-10-28(11-9-27)23(30)17-4-6-21(7-5-17)31-14-20-15-32-16-25-20/h1-7,12,15-16H,8-11,13-14H2,(H,26,29). The van der Waals surface area contributed by atoms with Crippen molar-refractivity contribution >= 4 is 28.8 Å². The molecule has 9 heteroatoms. The van der Waals surface area contributed by atoms with E-state index in [0.29, 0.717) is 49.8 Å². The number of thiazole rings is 1. The van der Waals surface area contributed by atoms with Crippen molar-refractivity contribution in [2.75, 3.05) is 38.0 Å². The summed E-state index contributed by atoms with van der Waals surface area (Å²) >= 11 is 1.52. The third-order valence-electron chi connectivity index (χ3n) is 5.11. The lowest BCUT2D eigenvalue weighted by atomic mass is 10.1. The lowest BCUT2D eigenvalue weighted by Crippen LogP contribution is -2.50. The number of amides is 2. The van der Waals surface area contributed by atoms with Crippen LogP contribution in [0.25, 0.3) is 0 Å². The fourth-order valence-corrected chi connectivity index (χ4v) is 3.96. The van der Waals surface area contributed by atoms with E-state index >= 15 is 0 Å². The van der Waals surface area contributed by atoms with Crippen LogP contribution < -0.4 is 10.1 Å². The highest BCUT2D eigenvalue weighted by Gasteiger charge is 2.23. The van der Waals surface area contributed by atoms with Crippen molar-refractivity contribution in [1.82, 2.24) is 14.8 Å². The van der Waals surface area contributed by atoms with Crippen LogP contribution in [0.2, 0.25) is 0 Å². The molecule has 166 valence electrons. The van der Waals surface area contributed by atoms with Crippen LogP contribution in [0.3, 0.4) is 0 Å². The average molecular weight is 455 g/mol. The second-order valence-electron chi connectivity index (χ2n) is 7.42. The van der Waals surface area contributed by atoms with Crippen LogP contribution in [-0.2, 0) is 11.4 Å². The van der Waals surface area contributed by atoms with E-state index in [4.69, 9.17) is 4.74 Å². The van der Waals surface area contributed by atoms with Crippen LogP contribution in [0.15, 0.2) is 59.4 Å². The number of nitrogens with zero attached hydrogens (tertiary/aromatic N) is 3. The lowest BCUT2D eigenvalue weighted by molar-refractivity contribution is -0.117. The second kappa shape index (κ2) is 10.3. The molecule has 4 rings (SSSR count). The molecule has 1 saturated heterocycles. The maximum absolute atomic E-state index is 13.2. The minimum Gasteiger partial charge on any atom is -0.487 e. The van der Waals surface area contributed by atoms with E-state index in [9.17, 15) is 14.0 Å². The van der Waals surface area contributed by atoms with Crippen LogP contribution in [0.1, 0.15) is 16.1 Å². The molecule has 2 amide bonds. The Morgan fingerprint density at radius 2 is 1.88 bits per heavy atom. The second-order valence-corrected chi connectivity index (χ2v) is 8.14. The van der Waals surface area contributed by atoms with Crippen molar-refractivity contribution in [3.63, 3.8) is 0 Å². The Morgan fingerprint density at radius 1 is 1.09 bits per heavy atom. The molecule has 0 radical (unpaired) electrons. The summed E-state index contributed by atoms with van der Waals surface area (Å²) in [6.07, 6.45) is 0. The molecule has 0 saturated carbocycles. The molecule has 1 aromatic heterocycles. The Bertz CT molecular complexity index is 1050. The van der Waals surface area contributed by atoms with Crippen LogP contribution in [0.5, 0.6) is 5.75 Å². The topological polar surface area (TPSA) is 74.8 Å². The summed E-state index contributed by atoms with van der Waals surface area (Å²) in [6.45, 7) is 2.85. The van der Waals surface area contributed by atoms with Crippen LogP contribution in [0, 0.1) is 5.82 Å². The molecule has 0 spiro atoms. The zero-order chi connectivity index (χ0) is 22.3. The molecule has 0 unspecified atom stereocenters. The number of benzene rings is 2. The van der Waals surface area contributed by atoms with E-state index < -0.39 is 5.82 Å². The molecule has 2 heterocycles. The molecule has 3 aromatic rings. The first-order chi connectivity index (χ1) is 15.6. The number of hydrogen-bond donors (Lipinski definition) is 1. The molecule has 7 nitrogen and oxygen atoms in total. The van der Waals surface area contributed by atoms with Gasteiger partial charge < -0.3 is 15.0 Å². The maximum Gasteiger partial charge on any atom is 0.253 e. The number of carbonyl (C=O) groups excluding carboxylic acids is 2. The largest absolute Gasteiger partial charge is 0.487 e. The summed E-state index contributed by atoms with van der Waals surface area (Å²) in [5.74, 6) is 0.0428. The van der Waals surface area contributed by atoms with Crippen molar-refractivity contribution < 1.29 is 18.7 Å². The Labute approximate surface area is 189 Å². The summed E-state index contributed by atoms with van der Waals surface area (Å²) in [6, 6.07) is 12.9. The normalized spacial score (nSPS) is 14.2. The molecule has 1 aliphatic rings. The van der Waals surface area contributed by atoms with Crippen LogP contribution in [-0.4, -0.2) is 59.3 Å². The van der Waals surface area contributed by atoms with Gasteiger partial charge in [0, 0.05) is 42.8 Å². The fraction of sp³-hybridized carbons (Fsp3) is 0.261. The van der Waals surface area contributed by atoms with Crippen molar-refractivity contribution in [1.29, 1.82) is 0 Å². The number of halogens is 1. The quantitative estimate of drug-likeness (QED) is 0.593. The van der Waals surface area contributed by atoms with Gasteiger partial charge in [0.25, 0.3) is 5.91 Å². The Morgan fingerprint density at radius 3 is 2.56 bits per heavy atom. The van der Waals surface area contributed by atoms with E-state index in [0.717, 1.165) is 5.69 Å². The highest BCUT2D eigenvalue weighted by atomic mass is 32.1. The molecule has 1 N–H and O–H groups in total. The minimum absolute atomic E-state index is 0.0417. The summed E-state index contributed by atoms with van der Waals surface area (Å²) < 4.78 is 18.9. The van der Waals surface area contributed by atoms with E-state index in [1.165, 1.54) is 23.5 Å². The third-order valence-corrected chi connectivity index (χ3v) is 5.74. The Balaban J connectivity index is 1.23. The summed E-state index contributed by atoms with van der Waals surface area (Å²) in [5, 5.41) is 4.63. The van der Waals surface area contributed by atoms with E-state index in [1.807, 2.05) is 10.3 Å². The van der Waals surface area contributed by atoms with Crippen molar-refractivity contribution in [2.24, 2.45) is 0 Å². The van der Waals surface area contributed by atoms with Gasteiger partial charge >= 0.3 is 0 Å². The number of carbonyl (C=O) groups is 2. The molecule has 32 heavy (non-hydrogen) atoms. The highest BCUT2D eigenvalue weighted by molar-refractivity contribution is 7.07. The Kier molecular flexibility index (Phi) is 7.08. The molecule has 2 aromatic carbocycles. The number of rotatable bonds is 7. The number of ether oxygens (including phenoxy) is 1. The number of hydrogen-bond acceptors (Lipinski definition) is 6. The number of piperazine rings is 1. The minimum atomic E-state index is -0.394.